The smallest absolute Gasteiger partial charge is 0.394 e. The molecular formula is H47AlMgO27S2. The maximum atomic E-state index is 8.74. The third kappa shape index (κ3) is 312000. The minimum absolute atomic E-state index is 0. The molecule has 0 bridgehead atoms. The van der Waals surface area contributed by atoms with Crippen LogP contribution in [0.1, 0.15) is 0 Å². The standard InChI is InChI=1S/Al.Mg.2H2O4S.19H2O.5H/c;;2*1-5(2,3)4;;;;;;;;;;;;;;;;;;;;;;;;/h;;2*(H2,1,2,3,4);19*1H2;;;;;. The van der Waals surface area contributed by atoms with Crippen molar-refractivity contribution in [2.45, 2.75) is 0 Å². The largest absolute Gasteiger partial charge is 0.412 e. The molecule has 42 N–H and O–H groups in total. The summed E-state index contributed by atoms with van der Waals surface area (Å²) >= 11 is 0. The molecule has 0 aliphatic carbocycles. The molecule has 0 saturated heterocycles. The monoisotopic (exact) mass is 594 g/mol. The van der Waals surface area contributed by atoms with E-state index in [2.05, 4.69) is 0 Å². The van der Waals surface area contributed by atoms with Crippen molar-refractivity contribution in [3.63, 3.8) is 0 Å². The Kier molecular flexibility index (Phi) is 2320. The fourth-order valence-electron chi connectivity index (χ4n) is 0. The van der Waals surface area contributed by atoms with Crippen molar-refractivity contribution < 1.29 is 139 Å². The lowest BCUT2D eigenvalue weighted by Crippen LogP contribution is -1.89. The summed E-state index contributed by atoms with van der Waals surface area (Å²) in [6, 6.07) is 0. The van der Waals surface area contributed by atoms with E-state index < -0.39 is 20.8 Å². The Morgan fingerprint density at radius 1 is 0.290 bits per heavy atom. The van der Waals surface area contributed by atoms with E-state index >= 15 is 0 Å². The molecule has 0 unspecified atom stereocenters. The van der Waals surface area contributed by atoms with E-state index in [4.69, 9.17) is 35.0 Å². The van der Waals surface area contributed by atoms with Crippen LogP contribution < -0.4 is 0 Å². The summed E-state index contributed by atoms with van der Waals surface area (Å²) in [4.78, 5) is 0. The Morgan fingerprint density at radius 3 is 0.290 bits per heavy atom. The van der Waals surface area contributed by atoms with Crippen LogP contribution in [0, 0.1) is 0 Å². The SMILES string of the molecule is O.O.O.O.O.O.O.O.O.O.O.O.O.O.O.O.O.O.O.O=S(=O)(O)O.O=S(=O)(O)O.[AlH3].[MgH2]. The van der Waals surface area contributed by atoms with Gasteiger partial charge >= 0.3 is 43.9 Å². The average molecular weight is 595 g/mol. The van der Waals surface area contributed by atoms with Crippen molar-refractivity contribution in [2.75, 3.05) is 0 Å². The van der Waals surface area contributed by atoms with E-state index in [1.54, 1.807) is 0 Å². The zero-order valence-corrected chi connectivity index (χ0v) is 15.4. The molecule has 31 heteroatoms. The van der Waals surface area contributed by atoms with E-state index in [0.717, 1.165) is 0 Å². The minimum atomic E-state index is -4.67. The molecule has 0 heterocycles. The van der Waals surface area contributed by atoms with Gasteiger partial charge in [0, 0.05) is 0 Å². The van der Waals surface area contributed by atoms with Gasteiger partial charge in [-0.25, -0.2) is 0 Å². The predicted octanol–water partition coefficient (Wildman–Crippen LogP) is -19.1. The quantitative estimate of drug-likeness (QED) is 0.153. The second-order valence-electron chi connectivity index (χ2n) is 0.896. The van der Waals surface area contributed by atoms with Gasteiger partial charge in [-0.05, 0) is 0 Å². The molecule has 0 saturated carbocycles. The van der Waals surface area contributed by atoms with Gasteiger partial charge in [-0.3, -0.25) is 18.2 Å². The van der Waals surface area contributed by atoms with Crippen molar-refractivity contribution in [3.05, 3.63) is 0 Å². The summed E-state index contributed by atoms with van der Waals surface area (Å²) in [6.45, 7) is 0. The summed E-state index contributed by atoms with van der Waals surface area (Å²) in [7, 11) is -9.33. The van der Waals surface area contributed by atoms with Gasteiger partial charge in [0.1, 0.15) is 0 Å². The Balaban J connectivity index is -0.00000000117. The summed E-state index contributed by atoms with van der Waals surface area (Å²) in [6.07, 6.45) is 0. The van der Waals surface area contributed by atoms with E-state index in [1.807, 2.05) is 0 Å². The lowest BCUT2D eigenvalue weighted by Gasteiger charge is -1.68. The van der Waals surface area contributed by atoms with Crippen LogP contribution in [0.25, 0.3) is 0 Å². The van der Waals surface area contributed by atoms with Gasteiger partial charge in [-0.1, -0.05) is 0 Å². The Hall–Kier alpha value is 0.279. The molecule has 226 valence electrons. The molecule has 0 atom stereocenters. The molecule has 31 heavy (non-hydrogen) atoms. The summed E-state index contributed by atoms with van der Waals surface area (Å²) in [5.74, 6) is 0. The Morgan fingerprint density at radius 2 is 0.290 bits per heavy atom. The van der Waals surface area contributed by atoms with Gasteiger partial charge in [0.15, 0.2) is 17.4 Å². The molecule has 0 aliphatic heterocycles. The van der Waals surface area contributed by atoms with Gasteiger partial charge in [-0.2, -0.15) is 16.8 Å². The first-order chi connectivity index (χ1) is 4.00. The first-order valence-corrected chi connectivity index (χ1v) is 4.19. The van der Waals surface area contributed by atoms with E-state index in [1.165, 1.54) is 0 Å². The van der Waals surface area contributed by atoms with Crippen LogP contribution in [-0.2, 0) is 20.8 Å². The Bertz CT molecular complexity index is 220. The third-order valence-corrected chi connectivity index (χ3v) is 0. The van der Waals surface area contributed by atoms with Crippen molar-refractivity contribution >= 4 is 61.2 Å². The van der Waals surface area contributed by atoms with E-state index in [0.29, 0.717) is 0 Å². The molecule has 0 aromatic heterocycles. The normalized spacial score (nSPS) is 3.74. The van der Waals surface area contributed by atoms with E-state index in [-0.39, 0.29) is 144 Å². The first kappa shape index (κ1) is 418. The topological polar surface area (TPSA) is 748 Å². The molecule has 0 radical (unpaired) electrons. The van der Waals surface area contributed by atoms with Crippen LogP contribution >= 0.6 is 0 Å². The number of rotatable bonds is 0. The lowest BCUT2D eigenvalue weighted by molar-refractivity contribution is 0.378. The lowest BCUT2D eigenvalue weighted by atomic mass is 15.8. The molecule has 27 nitrogen and oxygen atoms in total. The molecule has 0 aromatic rings. The number of hydrogen-bond donors (Lipinski definition) is 4. The van der Waals surface area contributed by atoms with Gasteiger partial charge in [0.25, 0.3) is 0 Å². The van der Waals surface area contributed by atoms with Gasteiger partial charge in [-0.15, -0.1) is 0 Å². The zero-order valence-electron chi connectivity index (χ0n) is 13.7. The molecule has 0 spiro atoms. The van der Waals surface area contributed by atoms with Crippen molar-refractivity contribution in [1.82, 2.24) is 0 Å². The Labute approximate surface area is 200 Å². The maximum Gasteiger partial charge on any atom is 0.394 e. The summed E-state index contributed by atoms with van der Waals surface area (Å²) in [5, 5.41) is 0. The van der Waals surface area contributed by atoms with Crippen molar-refractivity contribution in [1.29, 1.82) is 0 Å². The predicted molar refractivity (Wildman–Crippen MR) is 115 cm³/mol. The molecule has 0 fully saturated rings. The summed E-state index contributed by atoms with van der Waals surface area (Å²) < 4.78 is 63.2. The molecule has 0 aromatic carbocycles. The van der Waals surface area contributed by atoms with Crippen LogP contribution in [0.4, 0.5) is 0 Å². The third-order valence-electron chi connectivity index (χ3n) is 0. The van der Waals surface area contributed by atoms with Crippen LogP contribution in [0.5, 0.6) is 0 Å². The van der Waals surface area contributed by atoms with Crippen molar-refractivity contribution in [2.24, 2.45) is 0 Å². The second kappa shape index (κ2) is 172. The summed E-state index contributed by atoms with van der Waals surface area (Å²) in [5.41, 5.74) is 0. The van der Waals surface area contributed by atoms with Gasteiger partial charge < -0.3 is 104 Å². The molecule has 0 aliphatic rings. The minimum Gasteiger partial charge on any atom is -0.412 e. The van der Waals surface area contributed by atoms with Crippen molar-refractivity contribution in [3.8, 4) is 0 Å². The average Bonchev–Trinajstić information content (AvgIpc) is 1.12. The van der Waals surface area contributed by atoms with Gasteiger partial charge in [0.05, 0.1) is 0 Å². The zero-order chi connectivity index (χ0) is 9.00. The number of hydrogen-bond acceptors (Lipinski definition) is 4. The van der Waals surface area contributed by atoms with E-state index in [9.17, 15) is 0 Å². The van der Waals surface area contributed by atoms with Crippen LogP contribution in [0.2, 0.25) is 0 Å². The fourth-order valence-corrected chi connectivity index (χ4v) is 0. The second-order valence-corrected chi connectivity index (χ2v) is 2.69. The van der Waals surface area contributed by atoms with Crippen LogP contribution in [0.3, 0.4) is 0 Å². The fraction of sp³-hybridized carbons (Fsp3) is 0. The molecule has 0 rings (SSSR count). The highest BCUT2D eigenvalue weighted by atomic mass is 32.3. The molecule has 0 amide bonds. The van der Waals surface area contributed by atoms with Crippen LogP contribution in [0.15, 0.2) is 0 Å². The maximum absolute atomic E-state index is 8.74. The molecular weight excluding hydrogens is 547 g/mol. The highest BCUT2D eigenvalue weighted by Crippen LogP contribution is 1.59. The highest BCUT2D eigenvalue weighted by molar-refractivity contribution is 7.80. The van der Waals surface area contributed by atoms with Crippen LogP contribution in [-0.4, -0.2) is 180 Å². The first-order valence-electron chi connectivity index (χ1n) is 1.40. The van der Waals surface area contributed by atoms with Gasteiger partial charge in [0.2, 0.25) is 0 Å². The highest BCUT2D eigenvalue weighted by Gasteiger charge is 1.85.